The van der Waals surface area contributed by atoms with Gasteiger partial charge in [0.2, 0.25) is 5.91 Å². The molecule has 12 unspecified atom stereocenters. The molecule has 2 heterocycles. The number of carbonyl (C=O) groups is 9. The Morgan fingerprint density at radius 3 is 1.29 bits per heavy atom. The van der Waals surface area contributed by atoms with Crippen molar-refractivity contribution in [2.24, 2.45) is 50.2 Å². The summed E-state index contributed by atoms with van der Waals surface area (Å²) in [4.78, 5) is 132. The van der Waals surface area contributed by atoms with Crippen LogP contribution in [0.1, 0.15) is 246 Å². The average Bonchev–Trinajstić information content (AvgIpc) is 0.673. The molecule has 4 saturated carbocycles. The highest BCUT2D eigenvalue weighted by molar-refractivity contribution is 5.93. The Kier molecular flexibility index (Phi) is 28.1. The minimum absolute atomic E-state index is 0.0285. The van der Waals surface area contributed by atoms with Gasteiger partial charge in [-0.1, -0.05) is 227 Å². The number of carbonyl (C=O) groups excluding carboxylic acids is 9. The van der Waals surface area contributed by atoms with Crippen LogP contribution in [0, 0.1) is 50.2 Å². The number of hydrogen-bond donors (Lipinski definition) is 1. The molecule has 1 amide bonds. The van der Waals surface area contributed by atoms with Crippen LogP contribution < -0.4 is 5.32 Å². The normalized spacial score (nSPS) is 31.0. The number of ether oxygens (including phenoxy) is 11. The molecule has 6 aromatic carbocycles. The van der Waals surface area contributed by atoms with E-state index in [9.17, 15) is 24.0 Å². The molecule has 1 N–H and O–H groups in total. The molecule has 0 bridgehead atoms. The SMILES string of the molecule is CCCCCCCCCCCCNC(=O)[C@]12CCC(C)(C)C[C@H]1C1=CCC3[C@@]4(C)CC[C@H](OC5OC(COC6OC(COC(C)=O)C(OC(=O)c7ccccc7)C(OC(=O)c7ccccc7)C6OC(=O)c6ccccc6)C(OC(=O)c6ccccc6)C(OC(=O)c6ccccc6)C5OC(=O)c5ccccc5)[C@@](C)(C=O)C4CC[C@@]3(C)[C@]1(C)CC2. The maximum Gasteiger partial charge on any atom is 0.338 e. The molecule has 19 atom stereocenters. The second-order valence-electron chi connectivity index (χ2n) is 35.6. The van der Waals surface area contributed by atoms with Crippen molar-refractivity contribution in [2.45, 2.75) is 251 Å². The van der Waals surface area contributed by atoms with Gasteiger partial charge >= 0.3 is 41.8 Å². The van der Waals surface area contributed by atoms with Gasteiger partial charge in [-0.25, -0.2) is 28.8 Å². The zero-order valence-corrected chi connectivity index (χ0v) is 70.0. The van der Waals surface area contributed by atoms with Crippen LogP contribution in [0.25, 0.3) is 0 Å². The summed E-state index contributed by atoms with van der Waals surface area (Å²) in [6, 6.07) is 47.7. The fourth-order valence-electron chi connectivity index (χ4n) is 20.9. The van der Waals surface area contributed by atoms with Gasteiger partial charge in [-0.3, -0.25) is 9.59 Å². The van der Waals surface area contributed by atoms with Gasteiger partial charge in [0.25, 0.3) is 0 Å². The number of aldehydes is 1. The van der Waals surface area contributed by atoms with E-state index in [-0.39, 0.29) is 79.7 Å². The molecule has 6 aromatic rings. The number of unbranched alkanes of at least 4 members (excludes halogenated alkanes) is 9. The quantitative estimate of drug-likeness (QED) is 0.0103. The summed E-state index contributed by atoms with van der Waals surface area (Å²) in [6.07, 6.45) is 4.17. The van der Waals surface area contributed by atoms with Crippen LogP contribution in [-0.2, 0) is 66.5 Å². The lowest BCUT2D eigenvalue weighted by Gasteiger charge is -2.71. The standard InChI is InChI=1S/C98H117NO20/c1-9-10-11-12-13-14-15-16-17-36-59-99-92(108)98-57-55-93(3,4)60-72(98)71-49-50-76-94(5)53-52-77(95(6,63-100)75(94)51-54-97(76,8)96(71,7)56-58-98)113-91-83(119-89(107)70-47-34-23-35-48-70)81(117-87(105)68-43-30-21-31-44-68)79(115-85(103)66-39-26-19-27-40-66)74(112-91)62-110-90-82(118-88(106)69-45-32-22-33-46-69)80(116-86(104)67-41-28-20-29-42-67)78(73(111-90)61-109-64(2)101)114-84(102)65-37-24-18-25-38-65/h18-35,37-49,63,72-83,90-91H,9-17,36,50-62H2,1-8H3,(H,99,108)/t72-,73?,74?,75?,76?,77-,78?,79?,80?,81?,82?,83?,90?,91?,94-,95-,96+,97+,98-/m0/s1. The van der Waals surface area contributed by atoms with Gasteiger partial charge in [0.1, 0.15) is 25.1 Å². The first-order valence-corrected chi connectivity index (χ1v) is 43.1. The number of allylic oxidation sites excluding steroid dienone is 2. The Balaban J connectivity index is 0.859. The van der Waals surface area contributed by atoms with E-state index < -0.39 is 139 Å². The fourth-order valence-corrected chi connectivity index (χ4v) is 20.9. The van der Waals surface area contributed by atoms with Crippen molar-refractivity contribution in [3.05, 3.63) is 227 Å². The third kappa shape index (κ3) is 19.1. The zero-order chi connectivity index (χ0) is 84.1. The molecule has 0 aromatic heterocycles. The topological polar surface area (TPSA) is 267 Å². The molecule has 0 radical (unpaired) electrons. The molecule has 0 spiro atoms. The largest absolute Gasteiger partial charge is 0.463 e. The van der Waals surface area contributed by atoms with Gasteiger partial charge in [-0.05, 0) is 183 Å². The number of esters is 7. The van der Waals surface area contributed by atoms with Crippen LogP contribution in [0.3, 0.4) is 0 Å². The van der Waals surface area contributed by atoms with Crippen LogP contribution in [0.2, 0.25) is 0 Å². The minimum atomic E-state index is -1.93. The van der Waals surface area contributed by atoms with E-state index in [1.54, 1.807) is 109 Å². The van der Waals surface area contributed by atoms with Gasteiger partial charge in [-0.2, -0.15) is 0 Å². The Labute approximate surface area is 699 Å². The third-order valence-corrected chi connectivity index (χ3v) is 27.7. The van der Waals surface area contributed by atoms with E-state index in [0.717, 1.165) is 71.0 Å². The monoisotopic (exact) mass is 1630 g/mol. The third-order valence-electron chi connectivity index (χ3n) is 27.7. The van der Waals surface area contributed by atoms with E-state index in [1.165, 1.54) is 130 Å². The number of nitrogens with one attached hydrogen (secondary N) is 1. The molecular formula is C98H117NO20. The number of rotatable bonds is 32. The van der Waals surface area contributed by atoms with Crippen LogP contribution >= 0.6 is 0 Å². The van der Waals surface area contributed by atoms with Crippen molar-refractivity contribution in [1.82, 2.24) is 5.32 Å². The zero-order valence-electron chi connectivity index (χ0n) is 70.0. The highest BCUT2D eigenvalue weighted by Crippen LogP contribution is 2.76. The van der Waals surface area contributed by atoms with Gasteiger partial charge in [0.05, 0.1) is 56.9 Å². The molecule has 634 valence electrons. The predicted octanol–water partition coefficient (Wildman–Crippen LogP) is 17.8. The fraction of sp³-hybridized carbons (Fsp3) is 0.520. The maximum atomic E-state index is 15.1. The van der Waals surface area contributed by atoms with E-state index in [0.29, 0.717) is 19.4 Å². The van der Waals surface area contributed by atoms with Crippen molar-refractivity contribution >= 4 is 54.0 Å². The van der Waals surface area contributed by atoms with Crippen molar-refractivity contribution in [1.29, 1.82) is 0 Å². The number of amides is 1. The maximum absolute atomic E-state index is 15.1. The Bertz CT molecular complexity index is 4510. The minimum Gasteiger partial charge on any atom is -0.463 e. The lowest BCUT2D eigenvalue weighted by molar-refractivity contribution is -0.341. The molecule has 119 heavy (non-hydrogen) atoms. The highest BCUT2D eigenvalue weighted by Gasteiger charge is 2.71. The van der Waals surface area contributed by atoms with Crippen molar-refractivity contribution in [3.63, 3.8) is 0 Å². The second kappa shape index (κ2) is 38.4. The van der Waals surface area contributed by atoms with Gasteiger partial charge in [0.15, 0.2) is 49.2 Å². The van der Waals surface area contributed by atoms with Crippen LogP contribution in [-0.4, -0.2) is 141 Å². The summed E-state index contributed by atoms with van der Waals surface area (Å²) in [6.45, 7) is 16.6. The molecule has 5 aliphatic carbocycles. The average molecular weight is 1630 g/mol. The molecule has 21 heteroatoms. The highest BCUT2D eigenvalue weighted by atomic mass is 16.8. The van der Waals surface area contributed by atoms with Crippen molar-refractivity contribution in [2.75, 3.05) is 19.8 Å². The molecule has 21 nitrogen and oxygen atoms in total. The smallest absolute Gasteiger partial charge is 0.338 e. The summed E-state index contributed by atoms with van der Waals surface area (Å²) >= 11 is 0. The number of benzene rings is 6. The summed E-state index contributed by atoms with van der Waals surface area (Å²) in [7, 11) is 0. The first kappa shape index (κ1) is 87.2. The Hall–Kier alpha value is -9.67. The number of fused-ring (bicyclic) bond motifs is 7. The predicted molar refractivity (Wildman–Crippen MR) is 443 cm³/mol. The summed E-state index contributed by atoms with van der Waals surface area (Å²) in [5, 5.41) is 3.53. The molecule has 7 aliphatic rings. The van der Waals surface area contributed by atoms with Crippen LogP contribution in [0.5, 0.6) is 0 Å². The van der Waals surface area contributed by atoms with Gasteiger partial charge in [0, 0.05) is 13.5 Å². The van der Waals surface area contributed by atoms with E-state index >= 15 is 19.2 Å². The Morgan fingerprint density at radius 2 is 0.849 bits per heavy atom. The molecule has 2 aliphatic heterocycles. The van der Waals surface area contributed by atoms with Crippen molar-refractivity contribution in [3.8, 4) is 0 Å². The van der Waals surface area contributed by atoms with E-state index in [2.05, 4.69) is 52.9 Å². The molecular weight excluding hydrogens is 1510 g/mol. The summed E-state index contributed by atoms with van der Waals surface area (Å²) < 4.78 is 73.0. The second-order valence-corrected chi connectivity index (χ2v) is 35.6. The van der Waals surface area contributed by atoms with E-state index in [1.807, 2.05) is 6.92 Å². The first-order chi connectivity index (χ1) is 57.3. The van der Waals surface area contributed by atoms with Crippen LogP contribution in [0.15, 0.2) is 194 Å². The molecule has 2 saturated heterocycles. The molecule has 6 fully saturated rings. The summed E-state index contributed by atoms with van der Waals surface area (Å²) in [5.74, 6) is -6.38. The van der Waals surface area contributed by atoms with Crippen LogP contribution in [0.4, 0.5) is 0 Å². The lowest BCUT2D eigenvalue weighted by Crippen LogP contribution is -2.67. The lowest BCUT2D eigenvalue weighted by atomic mass is 9.33. The van der Waals surface area contributed by atoms with Gasteiger partial charge < -0.3 is 62.2 Å². The Morgan fingerprint density at radius 1 is 0.445 bits per heavy atom. The molecule has 13 rings (SSSR count). The van der Waals surface area contributed by atoms with Crippen molar-refractivity contribution < 1.29 is 95.3 Å². The first-order valence-electron chi connectivity index (χ1n) is 43.1. The number of hydrogen-bond acceptors (Lipinski definition) is 20. The van der Waals surface area contributed by atoms with Gasteiger partial charge in [-0.15, -0.1) is 0 Å². The summed E-state index contributed by atoms with van der Waals surface area (Å²) in [5.41, 5.74) is -1.01. The van der Waals surface area contributed by atoms with E-state index in [4.69, 9.17) is 52.1 Å².